The van der Waals surface area contributed by atoms with Gasteiger partial charge < -0.3 is 16.4 Å². The Bertz CT molecular complexity index is 373. The van der Waals surface area contributed by atoms with Gasteiger partial charge >= 0.3 is 0 Å². The molecule has 5 heteroatoms. The van der Waals surface area contributed by atoms with E-state index in [1.807, 2.05) is 24.3 Å². The highest BCUT2D eigenvalue weighted by Crippen LogP contribution is 2.08. The summed E-state index contributed by atoms with van der Waals surface area (Å²) in [6, 6.07) is 7.36. The standard InChI is InChI=1S/C11H15N3O2/c1-8(15)14-10-4-2-9(3-5-10)6-13-7-11(12)16/h2-5,13H,6-7H2,1H3,(H2,12,16)(H,14,15). The molecule has 0 unspecified atom stereocenters. The lowest BCUT2D eigenvalue weighted by molar-refractivity contribution is -0.117. The van der Waals surface area contributed by atoms with Crippen LogP contribution in [0.2, 0.25) is 0 Å². The molecule has 0 saturated heterocycles. The fraction of sp³-hybridized carbons (Fsp3) is 0.273. The third kappa shape index (κ3) is 4.56. The van der Waals surface area contributed by atoms with Gasteiger partial charge in [0.05, 0.1) is 6.54 Å². The van der Waals surface area contributed by atoms with E-state index in [4.69, 9.17) is 5.73 Å². The third-order valence-electron chi connectivity index (χ3n) is 1.90. The first-order chi connectivity index (χ1) is 7.58. The van der Waals surface area contributed by atoms with Crippen LogP contribution in [0, 0.1) is 0 Å². The summed E-state index contributed by atoms with van der Waals surface area (Å²) in [6.07, 6.45) is 0. The van der Waals surface area contributed by atoms with E-state index in [2.05, 4.69) is 10.6 Å². The number of rotatable bonds is 5. The number of nitrogens with one attached hydrogen (secondary N) is 2. The summed E-state index contributed by atoms with van der Waals surface area (Å²) in [6.45, 7) is 2.19. The summed E-state index contributed by atoms with van der Waals surface area (Å²) in [5.74, 6) is -0.477. The number of nitrogens with two attached hydrogens (primary N) is 1. The van der Waals surface area contributed by atoms with Crippen LogP contribution < -0.4 is 16.4 Å². The molecular weight excluding hydrogens is 206 g/mol. The minimum atomic E-state index is -0.380. The summed E-state index contributed by atoms with van der Waals surface area (Å²) in [7, 11) is 0. The summed E-state index contributed by atoms with van der Waals surface area (Å²) < 4.78 is 0. The largest absolute Gasteiger partial charge is 0.369 e. The van der Waals surface area contributed by atoms with Gasteiger partial charge in [0.1, 0.15) is 0 Å². The maximum absolute atomic E-state index is 10.8. The van der Waals surface area contributed by atoms with Crippen molar-refractivity contribution in [2.45, 2.75) is 13.5 Å². The normalized spacial score (nSPS) is 9.81. The lowest BCUT2D eigenvalue weighted by Crippen LogP contribution is -2.28. The Morgan fingerprint density at radius 3 is 2.38 bits per heavy atom. The lowest BCUT2D eigenvalue weighted by atomic mass is 10.2. The van der Waals surface area contributed by atoms with Crippen molar-refractivity contribution in [3.05, 3.63) is 29.8 Å². The fourth-order valence-corrected chi connectivity index (χ4v) is 1.24. The van der Waals surface area contributed by atoms with Gasteiger partial charge in [-0.05, 0) is 17.7 Å². The van der Waals surface area contributed by atoms with Gasteiger partial charge in [-0.3, -0.25) is 9.59 Å². The predicted molar refractivity (Wildman–Crippen MR) is 61.6 cm³/mol. The van der Waals surface area contributed by atoms with Crippen LogP contribution in [0.5, 0.6) is 0 Å². The summed E-state index contributed by atoms with van der Waals surface area (Å²) in [4.78, 5) is 21.2. The predicted octanol–water partition coefficient (Wildman–Crippen LogP) is 0.220. The molecule has 0 heterocycles. The van der Waals surface area contributed by atoms with E-state index in [9.17, 15) is 9.59 Å². The van der Waals surface area contributed by atoms with Crippen molar-refractivity contribution in [1.82, 2.24) is 5.32 Å². The van der Waals surface area contributed by atoms with Crippen LogP contribution in [0.3, 0.4) is 0 Å². The molecule has 0 aromatic heterocycles. The number of benzene rings is 1. The van der Waals surface area contributed by atoms with Crippen molar-refractivity contribution in [2.24, 2.45) is 5.73 Å². The molecule has 1 aromatic rings. The molecule has 1 aromatic carbocycles. The van der Waals surface area contributed by atoms with Crippen LogP contribution >= 0.6 is 0 Å². The first kappa shape index (κ1) is 12.2. The molecule has 0 aliphatic rings. The van der Waals surface area contributed by atoms with Gasteiger partial charge in [-0.15, -0.1) is 0 Å². The molecule has 0 saturated carbocycles. The SMILES string of the molecule is CC(=O)Nc1ccc(CNCC(N)=O)cc1. The van der Waals surface area contributed by atoms with Crippen LogP contribution in [0.15, 0.2) is 24.3 Å². The molecule has 0 aliphatic carbocycles. The zero-order valence-corrected chi connectivity index (χ0v) is 9.12. The molecule has 0 atom stereocenters. The molecule has 16 heavy (non-hydrogen) atoms. The Kier molecular flexibility index (Phi) is 4.47. The fourth-order valence-electron chi connectivity index (χ4n) is 1.24. The van der Waals surface area contributed by atoms with Crippen molar-refractivity contribution in [3.8, 4) is 0 Å². The van der Waals surface area contributed by atoms with Crippen molar-refractivity contribution in [3.63, 3.8) is 0 Å². The molecule has 0 fully saturated rings. The number of carbonyl (C=O) groups excluding carboxylic acids is 2. The minimum Gasteiger partial charge on any atom is -0.369 e. The maximum Gasteiger partial charge on any atom is 0.231 e. The van der Waals surface area contributed by atoms with Gasteiger partial charge in [0.15, 0.2) is 0 Å². The molecule has 0 aliphatic heterocycles. The number of hydrogen-bond donors (Lipinski definition) is 3. The first-order valence-electron chi connectivity index (χ1n) is 4.93. The number of primary amides is 1. The Morgan fingerprint density at radius 1 is 1.25 bits per heavy atom. The second kappa shape index (κ2) is 5.87. The van der Waals surface area contributed by atoms with Crippen LogP contribution in [-0.2, 0) is 16.1 Å². The van der Waals surface area contributed by atoms with E-state index >= 15 is 0 Å². The van der Waals surface area contributed by atoms with E-state index in [1.54, 1.807) is 0 Å². The number of hydrogen-bond acceptors (Lipinski definition) is 3. The Balaban J connectivity index is 2.45. The maximum atomic E-state index is 10.8. The quantitative estimate of drug-likeness (QED) is 0.665. The molecule has 0 spiro atoms. The van der Waals surface area contributed by atoms with Gasteiger partial charge in [-0.25, -0.2) is 0 Å². The van der Waals surface area contributed by atoms with Crippen molar-refractivity contribution < 1.29 is 9.59 Å². The molecule has 0 radical (unpaired) electrons. The van der Waals surface area contributed by atoms with Gasteiger partial charge in [0.25, 0.3) is 0 Å². The topological polar surface area (TPSA) is 84.2 Å². The van der Waals surface area contributed by atoms with Crippen LogP contribution in [-0.4, -0.2) is 18.4 Å². The van der Waals surface area contributed by atoms with E-state index < -0.39 is 0 Å². The Morgan fingerprint density at radius 2 is 1.88 bits per heavy atom. The highest BCUT2D eigenvalue weighted by Gasteiger charge is 1.97. The van der Waals surface area contributed by atoms with Crippen LogP contribution in [0.4, 0.5) is 5.69 Å². The number of amides is 2. The minimum absolute atomic E-state index is 0.0976. The van der Waals surface area contributed by atoms with E-state index in [1.165, 1.54) is 6.92 Å². The lowest BCUT2D eigenvalue weighted by Gasteiger charge is -2.05. The van der Waals surface area contributed by atoms with Gasteiger partial charge in [-0.2, -0.15) is 0 Å². The molecule has 0 bridgehead atoms. The average molecular weight is 221 g/mol. The molecule has 4 N–H and O–H groups in total. The van der Waals surface area contributed by atoms with Gasteiger partial charge in [0, 0.05) is 19.2 Å². The third-order valence-corrected chi connectivity index (χ3v) is 1.90. The molecule has 86 valence electrons. The van der Waals surface area contributed by atoms with E-state index in [0.717, 1.165) is 11.3 Å². The van der Waals surface area contributed by atoms with Crippen LogP contribution in [0.25, 0.3) is 0 Å². The number of anilines is 1. The highest BCUT2D eigenvalue weighted by molar-refractivity contribution is 5.88. The second-order valence-corrected chi connectivity index (χ2v) is 3.45. The zero-order valence-electron chi connectivity index (χ0n) is 9.12. The highest BCUT2D eigenvalue weighted by atomic mass is 16.1. The van der Waals surface area contributed by atoms with Gasteiger partial charge in [-0.1, -0.05) is 12.1 Å². The summed E-state index contributed by atoms with van der Waals surface area (Å²) in [5.41, 5.74) is 6.77. The van der Waals surface area contributed by atoms with Crippen molar-refractivity contribution in [1.29, 1.82) is 0 Å². The molecular formula is C11H15N3O2. The smallest absolute Gasteiger partial charge is 0.231 e. The molecule has 5 nitrogen and oxygen atoms in total. The van der Waals surface area contributed by atoms with Crippen LogP contribution in [0.1, 0.15) is 12.5 Å². The molecule has 1 rings (SSSR count). The first-order valence-corrected chi connectivity index (χ1v) is 4.93. The van der Waals surface area contributed by atoms with E-state index in [-0.39, 0.29) is 18.4 Å². The summed E-state index contributed by atoms with van der Waals surface area (Å²) >= 11 is 0. The monoisotopic (exact) mass is 221 g/mol. The molecule has 2 amide bonds. The Hall–Kier alpha value is -1.88. The average Bonchev–Trinajstić information content (AvgIpc) is 2.19. The zero-order chi connectivity index (χ0) is 12.0. The van der Waals surface area contributed by atoms with Crippen molar-refractivity contribution >= 4 is 17.5 Å². The van der Waals surface area contributed by atoms with E-state index in [0.29, 0.717) is 6.54 Å². The van der Waals surface area contributed by atoms with Gasteiger partial charge in [0.2, 0.25) is 11.8 Å². The van der Waals surface area contributed by atoms with Crippen molar-refractivity contribution in [2.75, 3.05) is 11.9 Å². The number of carbonyl (C=O) groups is 2. The Labute approximate surface area is 94.0 Å². The second-order valence-electron chi connectivity index (χ2n) is 3.45. The summed E-state index contributed by atoms with van der Waals surface area (Å²) in [5, 5.41) is 5.57.